The topological polar surface area (TPSA) is 127 Å². The van der Waals surface area contributed by atoms with Crippen LogP contribution in [0.15, 0.2) is 41.2 Å². The number of pyridine rings is 1. The molecule has 10 heteroatoms. The van der Waals surface area contributed by atoms with Crippen molar-refractivity contribution in [3.63, 3.8) is 0 Å². The maximum atomic E-state index is 13.9. The van der Waals surface area contributed by atoms with Gasteiger partial charge in [0.2, 0.25) is 6.41 Å². The number of ether oxygens (including phenoxy) is 1. The number of hydrogen-bond donors (Lipinski definition) is 3. The lowest BCUT2D eigenvalue weighted by Crippen LogP contribution is -2.40. The number of H-pyrrole nitrogens is 1. The number of amides is 2. The van der Waals surface area contributed by atoms with Crippen LogP contribution in [0.2, 0.25) is 12.6 Å². The zero-order valence-electron chi connectivity index (χ0n) is 28.3. The Balaban J connectivity index is 1.56. The minimum absolute atomic E-state index is 0.0749. The molecule has 0 saturated carbocycles. The molecule has 0 aliphatic carbocycles. The van der Waals surface area contributed by atoms with E-state index >= 15 is 0 Å². The van der Waals surface area contributed by atoms with Crippen molar-refractivity contribution >= 4 is 30.4 Å². The van der Waals surface area contributed by atoms with Crippen molar-refractivity contribution in [2.75, 3.05) is 30.0 Å². The smallest absolute Gasteiger partial charge is 0.267 e. The van der Waals surface area contributed by atoms with Crippen molar-refractivity contribution in [3.05, 3.63) is 80.3 Å². The van der Waals surface area contributed by atoms with Gasteiger partial charge in [0.15, 0.2) is 0 Å². The van der Waals surface area contributed by atoms with E-state index in [1.54, 1.807) is 0 Å². The third kappa shape index (κ3) is 7.31. The summed E-state index contributed by atoms with van der Waals surface area (Å²) >= 11 is 0. The normalized spacial score (nSPS) is 16.3. The van der Waals surface area contributed by atoms with Crippen LogP contribution in [0.25, 0.3) is 11.1 Å². The van der Waals surface area contributed by atoms with Crippen LogP contribution in [0.5, 0.6) is 0 Å². The molecule has 0 bridgehead atoms. The number of carbonyl (C=O) groups excluding carboxylic acids is 2. The molecular weight excluding hydrogens is 589 g/mol. The molecule has 2 fully saturated rings. The average Bonchev–Trinajstić information content (AvgIpc) is 3.06. The maximum Gasteiger partial charge on any atom is 0.267 e. The summed E-state index contributed by atoms with van der Waals surface area (Å²) in [7, 11) is 0. The molecular formula is C37H46BN5O4. The largest absolute Gasteiger partial charge is 0.381 e. The predicted molar refractivity (Wildman–Crippen MR) is 188 cm³/mol. The third-order valence-electron chi connectivity index (χ3n) is 10.3. The first-order valence-electron chi connectivity index (χ1n) is 16.8. The Bertz CT molecular complexity index is 1730. The van der Waals surface area contributed by atoms with E-state index in [9.17, 15) is 19.6 Å². The van der Waals surface area contributed by atoms with Gasteiger partial charge in [-0.15, -0.1) is 0 Å². The van der Waals surface area contributed by atoms with Gasteiger partial charge in [-0.05, 0) is 111 Å². The van der Waals surface area contributed by atoms with Crippen LogP contribution < -0.4 is 21.1 Å². The number of nitrogens with one attached hydrogen (secondary N) is 3. The molecule has 9 nitrogen and oxygen atoms in total. The number of nitriles is 1. The van der Waals surface area contributed by atoms with Crippen molar-refractivity contribution in [2.45, 2.75) is 90.9 Å². The highest BCUT2D eigenvalue weighted by atomic mass is 16.5. The second-order valence-electron chi connectivity index (χ2n) is 13.4. The summed E-state index contributed by atoms with van der Waals surface area (Å²) in [6.45, 7) is 12.4. The fourth-order valence-electron chi connectivity index (χ4n) is 7.47. The van der Waals surface area contributed by atoms with E-state index in [1.807, 2.05) is 39.0 Å². The van der Waals surface area contributed by atoms with Gasteiger partial charge in [0.25, 0.3) is 18.2 Å². The number of carbonyl (C=O) groups is 2. The van der Waals surface area contributed by atoms with Gasteiger partial charge in [-0.2, -0.15) is 0 Å². The molecule has 3 aromatic rings. The zero-order valence-corrected chi connectivity index (χ0v) is 28.3. The van der Waals surface area contributed by atoms with Crippen molar-refractivity contribution in [2.24, 2.45) is 0 Å². The monoisotopic (exact) mass is 635 g/mol. The van der Waals surface area contributed by atoms with Crippen LogP contribution in [0.4, 0.5) is 11.4 Å². The molecule has 2 amide bonds. The first kappa shape index (κ1) is 34.0. The van der Waals surface area contributed by atoms with E-state index in [2.05, 4.69) is 58.5 Å². The zero-order chi connectivity index (χ0) is 33.7. The number of hydrogen-bond acceptors (Lipinski definition) is 6. The Hall–Kier alpha value is -4.36. The quantitative estimate of drug-likeness (QED) is 0.183. The fourth-order valence-corrected chi connectivity index (χ4v) is 7.47. The van der Waals surface area contributed by atoms with Crippen LogP contribution in [0.3, 0.4) is 0 Å². The highest BCUT2D eigenvalue weighted by molar-refractivity contribution is 6.67. The Labute approximate surface area is 278 Å². The van der Waals surface area contributed by atoms with Crippen LogP contribution in [-0.4, -0.2) is 49.8 Å². The van der Waals surface area contributed by atoms with Gasteiger partial charge >= 0.3 is 0 Å². The predicted octanol–water partition coefficient (Wildman–Crippen LogP) is 6.08. The number of aryl methyl sites for hydroxylation is 2. The fraction of sp³-hybridized carbons (Fsp3) is 0.459. The molecule has 0 radical (unpaired) electrons. The molecule has 0 atom stereocenters. The number of nitrogens with zero attached hydrogens (tertiary/aromatic N) is 2. The van der Waals surface area contributed by atoms with E-state index < -0.39 is 0 Å². The molecule has 3 N–H and O–H groups in total. The average molecular weight is 636 g/mol. The molecule has 47 heavy (non-hydrogen) atoms. The van der Waals surface area contributed by atoms with E-state index in [4.69, 9.17) is 4.74 Å². The number of anilines is 2. The Morgan fingerprint density at radius 3 is 2.49 bits per heavy atom. The SMILES string of the molecule is CCN(c1cc(-c2ccc(C3(C)CCB(C#N)CC3)c(NC=O)c2)cc(C(=O)NCc2c(C)cc(C)[nH]c2=O)c1C)C1CCOCC1. The van der Waals surface area contributed by atoms with Crippen molar-refractivity contribution in [1.82, 2.24) is 10.3 Å². The van der Waals surface area contributed by atoms with Gasteiger partial charge in [-0.1, -0.05) is 31.7 Å². The van der Waals surface area contributed by atoms with E-state index in [0.29, 0.717) is 30.8 Å². The Morgan fingerprint density at radius 1 is 1.13 bits per heavy atom. The second-order valence-corrected chi connectivity index (χ2v) is 13.4. The molecule has 246 valence electrons. The second kappa shape index (κ2) is 14.6. The minimum Gasteiger partial charge on any atom is -0.381 e. The molecule has 3 heterocycles. The molecule has 2 saturated heterocycles. The van der Waals surface area contributed by atoms with E-state index in [-0.39, 0.29) is 36.2 Å². The van der Waals surface area contributed by atoms with Crippen molar-refractivity contribution in [1.29, 1.82) is 5.26 Å². The summed E-state index contributed by atoms with van der Waals surface area (Å²) in [6.07, 6.45) is 5.94. The lowest BCUT2D eigenvalue weighted by molar-refractivity contribution is -0.105. The molecule has 2 aromatic carbocycles. The number of rotatable bonds is 10. The molecule has 0 unspecified atom stereocenters. The first-order chi connectivity index (χ1) is 22.6. The molecule has 5 rings (SSSR count). The summed E-state index contributed by atoms with van der Waals surface area (Å²) in [6, 6.07) is 12.4. The number of aromatic nitrogens is 1. The van der Waals surface area contributed by atoms with Crippen molar-refractivity contribution in [3.8, 4) is 17.1 Å². The summed E-state index contributed by atoms with van der Waals surface area (Å²) in [4.78, 5) is 43.6. The molecule has 1 aromatic heterocycles. The Morgan fingerprint density at radius 2 is 1.85 bits per heavy atom. The van der Waals surface area contributed by atoms with Crippen LogP contribution in [0.1, 0.15) is 77.8 Å². The highest BCUT2D eigenvalue weighted by Gasteiger charge is 2.36. The van der Waals surface area contributed by atoms with Gasteiger partial charge in [-0.3, -0.25) is 14.4 Å². The molecule has 2 aliphatic rings. The lowest BCUT2D eigenvalue weighted by Gasteiger charge is -2.37. The third-order valence-corrected chi connectivity index (χ3v) is 10.3. The Kier molecular flexibility index (Phi) is 10.6. The number of aromatic amines is 1. The van der Waals surface area contributed by atoms with Gasteiger partial charge < -0.3 is 25.3 Å². The molecule has 2 aliphatic heterocycles. The van der Waals surface area contributed by atoms with E-state index in [0.717, 1.165) is 89.8 Å². The molecule has 0 spiro atoms. The van der Waals surface area contributed by atoms with E-state index in [1.165, 1.54) is 0 Å². The summed E-state index contributed by atoms with van der Waals surface area (Å²) < 4.78 is 5.66. The van der Waals surface area contributed by atoms with Gasteiger partial charge in [0.05, 0.1) is 0 Å². The summed E-state index contributed by atoms with van der Waals surface area (Å²) in [5, 5.41) is 15.4. The summed E-state index contributed by atoms with van der Waals surface area (Å²) in [5.74, 6) is 2.17. The van der Waals surface area contributed by atoms with Crippen LogP contribution in [0, 0.1) is 32.0 Å². The van der Waals surface area contributed by atoms with Crippen LogP contribution in [-0.2, 0) is 21.5 Å². The van der Waals surface area contributed by atoms with Gasteiger partial charge in [0.1, 0.15) is 0 Å². The summed E-state index contributed by atoms with van der Waals surface area (Å²) in [5.41, 5.74) is 7.75. The maximum absolute atomic E-state index is 13.9. The lowest BCUT2D eigenvalue weighted by atomic mass is 9.39. The van der Waals surface area contributed by atoms with Gasteiger partial charge in [-0.25, -0.2) is 5.26 Å². The number of benzene rings is 2. The minimum atomic E-state index is -0.252. The highest BCUT2D eigenvalue weighted by Crippen LogP contribution is 2.44. The first-order valence-corrected chi connectivity index (χ1v) is 16.8. The standard InChI is InChI=1S/C37H46BN5O4/c1-6-43(29-9-15-47-16-10-29)34-20-28(18-30(26(34)4)35(45)40-21-31-24(2)17-25(3)42-36(31)46)27-7-8-32(33(19-27)41-23-44)37(5)11-13-38(22-39)14-12-37/h7-8,17-20,23,29H,6,9-16,21H2,1-5H3,(H,40,45)(H,41,44)(H,42,46). The van der Waals surface area contributed by atoms with Crippen LogP contribution >= 0.6 is 0 Å². The van der Waals surface area contributed by atoms with Gasteiger partial charge in [0, 0.05) is 66.5 Å². The van der Waals surface area contributed by atoms with Crippen molar-refractivity contribution < 1.29 is 14.3 Å².